The number of nitrogens with one attached hydrogen (secondary N) is 2. The van der Waals surface area contributed by atoms with E-state index in [-0.39, 0.29) is 35.3 Å². The van der Waals surface area contributed by atoms with Crippen molar-refractivity contribution < 1.29 is 33.4 Å². The number of thiophene rings is 1. The fourth-order valence-electron chi connectivity index (χ4n) is 2.57. The standard InChI is InChI=1S/C18H24N2O7S/c1-5-25-14(21)11-10(4)12(15(22)26-6-2)28-13(11)19-17(24)20-18(8-9-18)16(23)27-7-3/h5-9H2,1-4H3,(H2,19,20,24). The lowest BCUT2D eigenvalue weighted by Gasteiger charge is -2.16. The Labute approximate surface area is 166 Å². The SMILES string of the molecule is CCOC(=O)c1sc(NC(=O)NC2(C(=O)OCC)CC2)c(C(=O)OCC)c1C. The van der Waals surface area contributed by atoms with Gasteiger partial charge in [0.05, 0.1) is 25.4 Å². The molecule has 1 aromatic heterocycles. The predicted molar refractivity (Wildman–Crippen MR) is 102 cm³/mol. The summed E-state index contributed by atoms with van der Waals surface area (Å²) in [4.78, 5) is 49.1. The fourth-order valence-corrected chi connectivity index (χ4v) is 3.65. The first-order valence-electron chi connectivity index (χ1n) is 9.03. The topological polar surface area (TPSA) is 120 Å². The summed E-state index contributed by atoms with van der Waals surface area (Å²) in [5.41, 5.74) is -0.588. The Hall–Kier alpha value is -2.62. The molecule has 1 saturated carbocycles. The Bertz CT molecular complexity index is 783. The summed E-state index contributed by atoms with van der Waals surface area (Å²) in [5.74, 6) is -1.74. The second kappa shape index (κ2) is 9.05. The van der Waals surface area contributed by atoms with E-state index in [4.69, 9.17) is 14.2 Å². The van der Waals surface area contributed by atoms with E-state index in [0.717, 1.165) is 11.3 Å². The Kier molecular flexibility index (Phi) is 7.00. The third-order valence-corrected chi connectivity index (χ3v) is 5.27. The predicted octanol–water partition coefficient (Wildman–Crippen LogP) is 2.63. The number of anilines is 1. The Morgan fingerprint density at radius 2 is 1.54 bits per heavy atom. The zero-order valence-electron chi connectivity index (χ0n) is 16.3. The second-order valence-corrected chi connectivity index (χ2v) is 7.10. The lowest BCUT2D eigenvalue weighted by molar-refractivity contribution is -0.146. The van der Waals surface area contributed by atoms with Gasteiger partial charge in [0.15, 0.2) is 0 Å². The van der Waals surface area contributed by atoms with Crippen LogP contribution in [0.5, 0.6) is 0 Å². The maximum atomic E-state index is 12.4. The van der Waals surface area contributed by atoms with Crippen molar-refractivity contribution in [3.63, 3.8) is 0 Å². The van der Waals surface area contributed by atoms with E-state index in [1.165, 1.54) is 0 Å². The monoisotopic (exact) mass is 412 g/mol. The van der Waals surface area contributed by atoms with E-state index in [1.54, 1.807) is 27.7 Å². The van der Waals surface area contributed by atoms with E-state index < -0.39 is 29.5 Å². The zero-order chi connectivity index (χ0) is 20.9. The summed E-state index contributed by atoms with van der Waals surface area (Å²) in [6, 6.07) is -0.673. The second-order valence-electron chi connectivity index (χ2n) is 6.08. The highest BCUT2D eigenvalue weighted by Gasteiger charge is 2.52. The molecule has 154 valence electrons. The molecule has 0 spiro atoms. The Morgan fingerprint density at radius 3 is 2.07 bits per heavy atom. The summed E-state index contributed by atoms with van der Waals surface area (Å²) >= 11 is 0.918. The van der Waals surface area contributed by atoms with Gasteiger partial charge in [-0.15, -0.1) is 11.3 Å². The minimum absolute atomic E-state index is 0.0889. The van der Waals surface area contributed by atoms with Crippen LogP contribution in [0, 0.1) is 6.92 Å². The molecular weight excluding hydrogens is 388 g/mol. The van der Waals surface area contributed by atoms with Crippen molar-refractivity contribution in [1.29, 1.82) is 0 Å². The smallest absolute Gasteiger partial charge is 0.348 e. The highest BCUT2D eigenvalue weighted by atomic mass is 32.1. The van der Waals surface area contributed by atoms with Crippen molar-refractivity contribution >= 4 is 40.3 Å². The summed E-state index contributed by atoms with van der Waals surface area (Å²) in [6.45, 7) is 7.12. The summed E-state index contributed by atoms with van der Waals surface area (Å²) in [7, 11) is 0. The maximum Gasteiger partial charge on any atom is 0.348 e. The quantitative estimate of drug-likeness (QED) is 0.497. The van der Waals surface area contributed by atoms with Crippen molar-refractivity contribution in [3.8, 4) is 0 Å². The van der Waals surface area contributed by atoms with Gasteiger partial charge in [0, 0.05) is 0 Å². The molecule has 1 fully saturated rings. The fraction of sp³-hybridized carbons (Fsp3) is 0.556. The molecule has 0 saturated heterocycles. The van der Waals surface area contributed by atoms with Crippen molar-refractivity contribution in [2.24, 2.45) is 0 Å². The molecule has 2 amide bonds. The number of hydrogen-bond acceptors (Lipinski definition) is 8. The van der Waals surface area contributed by atoms with Crippen LogP contribution in [-0.4, -0.2) is 49.3 Å². The van der Waals surface area contributed by atoms with Gasteiger partial charge in [-0.05, 0) is 46.1 Å². The van der Waals surface area contributed by atoms with E-state index in [2.05, 4.69) is 10.6 Å². The van der Waals surface area contributed by atoms with Crippen LogP contribution in [0.4, 0.5) is 9.80 Å². The third-order valence-electron chi connectivity index (χ3n) is 4.08. The van der Waals surface area contributed by atoms with Crippen LogP contribution in [0.25, 0.3) is 0 Å². The minimum Gasteiger partial charge on any atom is -0.464 e. The molecule has 0 atom stereocenters. The highest BCUT2D eigenvalue weighted by Crippen LogP contribution is 2.38. The van der Waals surface area contributed by atoms with Gasteiger partial charge in [0.1, 0.15) is 15.4 Å². The van der Waals surface area contributed by atoms with Gasteiger partial charge in [-0.3, -0.25) is 5.32 Å². The highest BCUT2D eigenvalue weighted by molar-refractivity contribution is 7.18. The van der Waals surface area contributed by atoms with Gasteiger partial charge in [0.2, 0.25) is 0 Å². The van der Waals surface area contributed by atoms with Crippen molar-refractivity contribution in [1.82, 2.24) is 5.32 Å². The van der Waals surface area contributed by atoms with Gasteiger partial charge in [0.25, 0.3) is 0 Å². The molecule has 9 nitrogen and oxygen atoms in total. The van der Waals surface area contributed by atoms with Gasteiger partial charge < -0.3 is 19.5 Å². The molecule has 0 bridgehead atoms. The van der Waals surface area contributed by atoms with Gasteiger partial charge >= 0.3 is 23.9 Å². The third kappa shape index (κ3) is 4.61. The van der Waals surface area contributed by atoms with Crippen LogP contribution in [0.2, 0.25) is 0 Å². The molecule has 2 N–H and O–H groups in total. The number of ether oxygens (including phenoxy) is 3. The van der Waals surface area contributed by atoms with Crippen molar-refractivity contribution in [2.45, 2.75) is 46.1 Å². The number of urea groups is 1. The average Bonchev–Trinajstić information content (AvgIpc) is 3.33. The van der Waals surface area contributed by atoms with Crippen LogP contribution in [-0.2, 0) is 19.0 Å². The van der Waals surface area contributed by atoms with E-state index in [9.17, 15) is 19.2 Å². The molecule has 1 aliphatic carbocycles. The number of esters is 3. The average molecular weight is 412 g/mol. The first-order chi connectivity index (χ1) is 13.3. The number of carbonyl (C=O) groups is 4. The van der Waals surface area contributed by atoms with Gasteiger partial charge in [-0.2, -0.15) is 0 Å². The molecule has 0 aromatic carbocycles. The van der Waals surface area contributed by atoms with Gasteiger partial charge in [-0.1, -0.05) is 0 Å². The molecule has 1 heterocycles. The maximum absolute atomic E-state index is 12.4. The number of hydrogen-bond donors (Lipinski definition) is 2. The molecule has 0 aliphatic heterocycles. The number of rotatable bonds is 8. The Morgan fingerprint density at radius 1 is 0.964 bits per heavy atom. The van der Waals surface area contributed by atoms with E-state index >= 15 is 0 Å². The first-order valence-corrected chi connectivity index (χ1v) is 9.85. The molecule has 0 unspecified atom stereocenters. The molecule has 2 rings (SSSR count). The largest absolute Gasteiger partial charge is 0.464 e. The molecule has 28 heavy (non-hydrogen) atoms. The minimum atomic E-state index is -1.04. The number of amides is 2. The summed E-state index contributed by atoms with van der Waals surface area (Å²) < 4.78 is 15.0. The summed E-state index contributed by atoms with van der Waals surface area (Å²) in [6.07, 6.45) is 0.947. The van der Waals surface area contributed by atoms with Crippen LogP contribution >= 0.6 is 11.3 Å². The molecule has 1 aliphatic rings. The molecular formula is C18H24N2O7S. The zero-order valence-corrected chi connectivity index (χ0v) is 17.1. The Balaban J connectivity index is 2.24. The van der Waals surface area contributed by atoms with Crippen LogP contribution in [0.3, 0.4) is 0 Å². The molecule has 1 aromatic rings. The molecule has 10 heteroatoms. The van der Waals surface area contributed by atoms with Crippen molar-refractivity contribution in [3.05, 3.63) is 16.0 Å². The van der Waals surface area contributed by atoms with Crippen LogP contribution < -0.4 is 10.6 Å². The number of carbonyl (C=O) groups excluding carboxylic acids is 4. The normalized spacial score (nSPS) is 14.0. The first kappa shape index (κ1) is 21.7. The molecule has 0 radical (unpaired) electrons. The van der Waals surface area contributed by atoms with Crippen molar-refractivity contribution in [2.75, 3.05) is 25.1 Å². The summed E-state index contributed by atoms with van der Waals surface area (Å²) in [5, 5.41) is 5.30. The van der Waals surface area contributed by atoms with E-state index in [0.29, 0.717) is 18.4 Å². The van der Waals surface area contributed by atoms with Crippen LogP contribution in [0.1, 0.15) is 59.2 Å². The van der Waals surface area contributed by atoms with E-state index in [1.807, 2.05) is 0 Å². The lowest BCUT2D eigenvalue weighted by atomic mass is 10.1. The van der Waals surface area contributed by atoms with Gasteiger partial charge in [-0.25, -0.2) is 19.2 Å². The lowest BCUT2D eigenvalue weighted by Crippen LogP contribution is -2.46. The van der Waals surface area contributed by atoms with Crippen LogP contribution in [0.15, 0.2) is 0 Å².